The topological polar surface area (TPSA) is 122 Å². The molecule has 2 N–H and O–H groups in total. The molecule has 0 fully saturated rings. The number of aliphatic hydroxyl groups is 1. The highest BCUT2D eigenvalue weighted by Crippen LogP contribution is 2.24. The minimum atomic E-state index is -3.74. The zero-order valence-corrected chi connectivity index (χ0v) is 16.8. The van der Waals surface area contributed by atoms with Gasteiger partial charge < -0.3 is 19.6 Å². The number of rotatable bonds is 8. The molecule has 3 rings (SSSR count). The van der Waals surface area contributed by atoms with Crippen LogP contribution in [0.5, 0.6) is 0 Å². The third kappa shape index (κ3) is 4.56. The van der Waals surface area contributed by atoms with Crippen LogP contribution in [0.3, 0.4) is 0 Å². The lowest BCUT2D eigenvalue weighted by molar-refractivity contribution is 0.0441. The zero-order valence-electron chi connectivity index (χ0n) is 16.0. The van der Waals surface area contributed by atoms with Crippen LogP contribution in [0.25, 0.3) is 11.1 Å². The Balaban J connectivity index is 1.86. The van der Waals surface area contributed by atoms with Crippen LogP contribution in [0.1, 0.15) is 16.2 Å². The van der Waals surface area contributed by atoms with Gasteiger partial charge in [0.2, 0.25) is 15.9 Å². The van der Waals surface area contributed by atoms with E-state index in [0.717, 1.165) is 4.31 Å². The second-order valence-corrected chi connectivity index (χ2v) is 8.45. The summed E-state index contributed by atoms with van der Waals surface area (Å²) < 4.78 is 36.7. The van der Waals surface area contributed by atoms with E-state index in [4.69, 9.17) is 14.3 Å². The lowest BCUT2D eigenvalue weighted by Gasteiger charge is -2.15. The van der Waals surface area contributed by atoms with Crippen molar-refractivity contribution in [1.82, 2.24) is 9.29 Å². The van der Waals surface area contributed by atoms with Gasteiger partial charge in [0.05, 0.1) is 17.1 Å². The number of aliphatic hydroxyl groups excluding tert-OH is 1. The first kappa shape index (κ1) is 20.8. The molecular formula is C19H21N3O6S. The van der Waals surface area contributed by atoms with Gasteiger partial charge in [-0.05, 0) is 30.3 Å². The summed E-state index contributed by atoms with van der Waals surface area (Å²) in [4.78, 5) is 16.8. The van der Waals surface area contributed by atoms with Crippen molar-refractivity contribution in [2.75, 3.05) is 32.6 Å². The van der Waals surface area contributed by atoms with Gasteiger partial charge in [-0.1, -0.05) is 12.1 Å². The number of sulfonamides is 1. The minimum absolute atomic E-state index is 0.0255. The van der Waals surface area contributed by atoms with E-state index in [1.165, 1.54) is 32.3 Å². The number of hydrogen-bond donors (Lipinski definition) is 2. The number of aromatic nitrogens is 1. The van der Waals surface area contributed by atoms with E-state index in [-0.39, 0.29) is 36.1 Å². The Morgan fingerprint density at radius 2 is 2.00 bits per heavy atom. The predicted octanol–water partition coefficient (Wildman–Crippen LogP) is 1.84. The van der Waals surface area contributed by atoms with Crippen LogP contribution in [-0.2, 0) is 21.4 Å². The number of oxazole rings is 1. The number of hydrogen-bond acceptors (Lipinski definition) is 8. The summed E-state index contributed by atoms with van der Waals surface area (Å²) >= 11 is 0. The fraction of sp³-hybridized carbons (Fsp3) is 0.263. The normalized spacial score (nSPS) is 11.7. The molecule has 29 heavy (non-hydrogen) atoms. The van der Waals surface area contributed by atoms with Crippen LogP contribution in [0.4, 0.5) is 5.69 Å². The molecule has 0 spiro atoms. The van der Waals surface area contributed by atoms with Crippen molar-refractivity contribution in [2.45, 2.75) is 11.5 Å². The maximum atomic E-state index is 12.7. The lowest BCUT2D eigenvalue weighted by Crippen LogP contribution is -2.23. The van der Waals surface area contributed by atoms with Gasteiger partial charge in [0.1, 0.15) is 5.52 Å². The SMILES string of the molecule is CN(C)S(=O)(=O)c1ccc(NCCO)c(C(=O)OCc2nc3ccccc3o2)c1. The molecule has 0 saturated heterocycles. The molecular weight excluding hydrogens is 398 g/mol. The average molecular weight is 419 g/mol. The Morgan fingerprint density at radius 3 is 2.69 bits per heavy atom. The number of carbonyl (C=O) groups is 1. The first-order chi connectivity index (χ1) is 13.8. The van der Waals surface area contributed by atoms with Gasteiger partial charge in [-0.2, -0.15) is 0 Å². The summed E-state index contributed by atoms with van der Waals surface area (Å²) in [6.45, 7) is -0.183. The van der Waals surface area contributed by atoms with Crippen molar-refractivity contribution < 1.29 is 27.5 Å². The lowest BCUT2D eigenvalue weighted by atomic mass is 10.2. The molecule has 0 saturated carbocycles. The first-order valence-electron chi connectivity index (χ1n) is 8.76. The van der Waals surface area contributed by atoms with Crippen molar-refractivity contribution in [3.05, 3.63) is 53.9 Å². The molecule has 1 heterocycles. The number of nitrogens with zero attached hydrogens (tertiary/aromatic N) is 2. The molecule has 154 valence electrons. The summed E-state index contributed by atoms with van der Waals surface area (Å²) in [5, 5.41) is 11.9. The summed E-state index contributed by atoms with van der Waals surface area (Å²) in [5.74, 6) is -0.523. The Kier molecular flexibility index (Phi) is 6.16. The Morgan fingerprint density at radius 1 is 1.24 bits per heavy atom. The predicted molar refractivity (Wildman–Crippen MR) is 106 cm³/mol. The highest BCUT2D eigenvalue weighted by atomic mass is 32.2. The van der Waals surface area contributed by atoms with Crippen LogP contribution < -0.4 is 5.32 Å². The van der Waals surface area contributed by atoms with E-state index in [9.17, 15) is 13.2 Å². The monoisotopic (exact) mass is 419 g/mol. The van der Waals surface area contributed by atoms with Crippen molar-refractivity contribution in [2.24, 2.45) is 0 Å². The highest BCUT2D eigenvalue weighted by Gasteiger charge is 2.22. The number of anilines is 1. The molecule has 0 bridgehead atoms. The standard InChI is InChI=1S/C19H21N3O6S/c1-22(2)29(25,26)13-7-8-15(20-9-10-23)14(11-13)19(24)27-12-18-21-16-5-3-4-6-17(16)28-18/h3-8,11,20,23H,9-10,12H2,1-2H3. The van der Waals surface area contributed by atoms with E-state index in [2.05, 4.69) is 10.3 Å². The maximum Gasteiger partial charge on any atom is 0.340 e. The summed E-state index contributed by atoms with van der Waals surface area (Å²) in [7, 11) is -0.935. The van der Waals surface area contributed by atoms with Crippen molar-refractivity contribution in [1.29, 1.82) is 0 Å². The van der Waals surface area contributed by atoms with Crippen LogP contribution in [0.2, 0.25) is 0 Å². The zero-order chi connectivity index (χ0) is 21.0. The Hall–Kier alpha value is -2.95. The van der Waals surface area contributed by atoms with E-state index in [0.29, 0.717) is 16.8 Å². The molecule has 0 aliphatic heterocycles. The fourth-order valence-electron chi connectivity index (χ4n) is 2.59. The van der Waals surface area contributed by atoms with Crippen molar-refractivity contribution in [3.63, 3.8) is 0 Å². The number of fused-ring (bicyclic) bond motifs is 1. The molecule has 1 aromatic heterocycles. The number of esters is 1. The summed E-state index contributed by atoms with van der Waals surface area (Å²) in [6, 6.07) is 11.2. The van der Waals surface area contributed by atoms with Crippen LogP contribution in [0.15, 0.2) is 51.8 Å². The van der Waals surface area contributed by atoms with Gasteiger partial charge in [0, 0.05) is 26.3 Å². The van der Waals surface area contributed by atoms with E-state index >= 15 is 0 Å². The molecule has 0 amide bonds. The Bertz CT molecular complexity index is 1090. The van der Waals surface area contributed by atoms with Crippen LogP contribution in [0, 0.1) is 0 Å². The first-order valence-corrected chi connectivity index (χ1v) is 10.2. The third-order valence-electron chi connectivity index (χ3n) is 4.08. The molecule has 0 atom stereocenters. The second-order valence-electron chi connectivity index (χ2n) is 6.30. The second kappa shape index (κ2) is 8.60. The molecule has 0 aliphatic rings. The quantitative estimate of drug-likeness (QED) is 0.531. The smallest absolute Gasteiger partial charge is 0.340 e. The molecule has 9 nitrogen and oxygen atoms in total. The maximum absolute atomic E-state index is 12.7. The van der Waals surface area contributed by atoms with E-state index in [1.807, 2.05) is 6.07 Å². The largest absolute Gasteiger partial charge is 0.452 e. The summed E-state index contributed by atoms with van der Waals surface area (Å²) in [5.41, 5.74) is 1.59. The number of para-hydroxylation sites is 2. The number of ether oxygens (including phenoxy) is 1. The number of nitrogens with one attached hydrogen (secondary N) is 1. The van der Waals surface area contributed by atoms with E-state index in [1.54, 1.807) is 18.2 Å². The fourth-order valence-corrected chi connectivity index (χ4v) is 3.52. The van der Waals surface area contributed by atoms with Crippen molar-refractivity contribution >= 4 is 32.8 Å². The van der Waals surface area contributed by atoms with Crippen molar-refractivity contribution in [3.8, 4) is 0 Å². The summed E-state index contributed by atoms with van der Waals surface area (Å²) in [6.07, 6.45) is 0. The molecule has 2 aromatic carbocycles. The molecule has 10 heteroatoms. The third-order valence-corrected chi connectivity index (χ3v) is 5.89. The van der Waals surface area contributed by atoms with Gasteiger partial charge in [0.15, 0.2) is 12.2 Å². The van der Waals surface area contributed by atoms with Gasteiger partial charge in [-0.25, -0.2) is 22.5 Å². The Labute approximate surface area is 168 Å². The molecule has 0 aliphatic carbocycles. The molecule has 0 radical (unpaired) electrons. The van der Waals surface area contributed by atoms with E-state index < -0.39 is 16.0 Å². The molecule has 3 aromatic rings. The highest BCUT2D eigenvalue weighted by molar-refractivity contribution is 7.89. The van der Waals surface area contributed by atoms with Crippen LogP contribution >= 0.6 is 0 Å². The van der Waals surface area contributed by atoms with Gasteiger partial charge in [-0.3, -0.25) is 0 Å². The van der Waals surface area contributed by atoms with Gasteiger partial charge in [0.25, 0.3) is 0 Å². The minimum Gasteiger partial charge on any atom is -0.452 e. The number of benzene rings is 2. The van der Waals surface area contributed by atoms with Gasteiger partial charge >= 0.3 is 5.97 Å². The average Bonchev–Trinajstić information content (AvgIpc) is 3.13. The molecule has 0 unspecified atom stereocenters. The van der Waals surface area contributed by atoms with Gasteiger partial charge in [-0.15, -0.1) is 0 Å². The number of carbonyl (C=O) groups excluding carboxylic acids is 1. The van der Waals surface area contributed by atoms with Crippen LogP contribution in [-0.4, -0.2) is 56.0 Å².